The van der Waals surface area contributed by atoms with Gasteiger partial charge in [-0.3, -0.25) is 4.79 Å². The summed E-state index contributed by atoms with van der Waals surface area (Å²) in [6.45, 7) is 0.569. The Kier molecular flexibility index (Phi) is 4.10. The Bertz CT molecular complexity index is 718. The van der Waals surface area contributed by atoms with E-state index in [0.29, 0.717) is 23.4 Å². The lowest BCUT2D eigenvalue weighted by molar-refractivity contribution is 0.100. The van der Waals surface area contributed by atoms with Gasteiger partial charge >= 0.3 is 0 Å². The largest absolute Gasteiger partial charge is 0.398 e. The molecule has 0 saturated carbocycles. The number of nitrogens with zero attached hydrogens (tertiary/aromatic N) is 2. The second-order valence-corrected chi connectivity index (χ2v) is 4.80. The van der Waals surface area contributed by atoms with Crippen LogP contribution in [-0.2, 0) is 6.54 Å². The molecular formula is C16H16N4O. The minimum Gasteiger partial charge on any atom is -0.398 e. The van der Waals surface area contributed by atoms with E-state index in [9.17, 15) is 4.79 Å². The lowest BCUT2D eigenvalue weighted by atomic mass is 10.1. The van der Waals surface area contributed by atoms with Crippen molar-refractivity contribution in [3.05, 3.63) is 59.2 Å². The third-order valence-electron chi connectivity index (χ3n) is 3.25. The summed E-state index contributed by atoms with van der Waals surface area (Å²) in [5.41, 5.74) is 14.5. The molecule has 0 aromatic heterocycles. The van der Waals surface area contributed by atoms with Gasteiger partial charge in [-0.1, -0.05) is 12.1 Å². The van der Waals surface area contributed by atoms with Crippen LogP contribution < -0.4 is 16.4 Å². The lowest BCUT2D eigenvalue weighted by Gasteiger charge is -2.20. The van der Waals surface area contributed by atoms with Gasteiger partial charge in [0.1, 0.15) is 0 Å². The number of nitriles is 1. The molecule has 21 heavy (non-hydrogen) atoms. The molecule has 0 radical (unpaired) electrons. The van der Waals surface area contributed by atoms with Gasteiger partial charge in [0.15, 0.2) is 0 Å². The van der Waals surface area contributed by atoms with Crippen molar-refractivity contribution < 1.29 is 4.79 Å². The van der Waals surface area contributed by atoms with Crippen molar-refractivity contribution in [3.63, 3.8) is 0 Å². The summed E-state index contributed by atoms with van der Waals surface area (Å²) >= 11 is 0. The van der Waals surface area contributed by atoms with Gasteiger partial charge in [0.05, 0.1) is 11.6 Å². The van der Waals surface area contributed by atoms with Crippen LogP contribution in [0.3, 0.4) is 0 Å². The van der Waals surface area contributed by atoms with Crippen molar-refractivity contribution in [2.45, 2.75) is 6.54 Å². The second-order valence-electron chi connectivity index (χ2n) is 4.80. The summed E-state index contributed by atoms with van der Waals surface area (Å²) in [5.74, 6) is -0.497. The summed E-state index contributed by atoms with van der Waals surface area (Å²) in [5, 5.41) is 8.93. The smallest absolute Gasteiger partial charge is 0.248 e. The molecule has 0 fully saturated rings. The average molecular weight is 280 g/mol. The Balaban J connectivity index is 2.21. The first-order valence-electron chi connectivity index (χ1n) is 6.41. The lowest BCUT2D eigenvalue weighted by Crippen LogP contribution is -2.18. The number of hydrogen-bond acceptors (Lipinski definition) is 4. The number of nitrogens with two attached hydrogens (primary N) is 2. The fraction of sp³-hybridized carbons (Fsp3) is 0.125. The summed E-state index contributed by atoms with van der Waals surface area (Å²) < 4.78 is 0. The summed E-state index contributed by atoms with van der Waals surface area (Å²) in [6.07, 6.45) is 0. The molecule has 1 amide bonds. The number of rotatable bonds is 4. The molecule has 106 valence electrons. The number of carbonyl (C=O) groups excluding carboxylic acids is 1. The molecule has 0 spiro atoms. The number of primary amides is 1. The van der Waals surface area contributed by atoms with Crippen LogP contribution in [-0.4, -0.2) is 13.0 Å². The number of benzene rings is 2. The van der Waals surface area contributed by atoms with Crippen molar-refractivity contribution >= 4 is 17.3 Å². The van der Waals surface area contributed by atoms with Crippen LogP contribution in [0.15, 0.2) is 42.5 Å². The Morgan fingerprint density at radius 3 is 2.67 bits per heavy atom. The minimum atomic E-state index is -0.497. The van der Waals surface area contributed by atoms with Crippen molar-refractivity contribution in [1.29, 1.82) is 5.26 Å². The van der Waals surface area contributed by atoms with E-state index >= 15 is 0 Å². The maximum atomic E-state index is 11.1. The van der Waals surface area contributed by atoms with E-state index in [1.54, 1.807) is 24.3 Å². The first kappa shape index (κ1) is 14.4. The average Bonchev–Trinajstić information content (AvgIpc) is 2.49. The van der Waals surface area contributed by atoms with Gasteiger partial charge in [-0.25, -0.2) is 0 Å². The topological polar surface area (TPSA) is 96.1 Å². The number of carbonyl (C=O) groups is 1. The molecule has 2 aromatic rings. The van der Waals surface area contributed by atoms with E-state index < -0.39 is 5.91 Å². The molecule has 0 bridgehead atoms. The van der Waals surface area contributed by atoms with Gasteiger partial charge < -0.3 is 16.4 Å². The molecule has 0 aliphatic carbocycles. The fourth-order valence-electron chi connectivity index (χ4n) is 2.05. The van der Waals surface area contributed by atoms with Crippen LogP contribution in [0.2, 0.25) is 0 Å². The van der Waals surface area contributed by atoms with Gasteiger partial charge in [0, 0.05) is 30.5 Å². The van der Waals surface area contributed by atoms with Crippen LogP contribution >= 0.6 is 0 Å². The summed E-state index contributed by atoms with van der Waals surface area (Å²) in [6, 6.07) is 14.5. The highest BCUT2D eigenvalue weighted by Gasteiger charge is 2.08. The molecule has 4 N–H and O–H groups in total. The first-order chi connectivity index (χ1) is 10.0. The van der Waals surface area contributed by atoms with Gasteiger partial charge in [0.2, 0.25) is 5.91 Å². The Hall–Kier alpha value is -3.00. The Labute approximate surface area is 123 Å². The molecule has 5 heteroatoms. The fourth-order valence-corrected chi connectivity index (χ4v) is 2.05. The maximum Gasteiger partial charge on any atom is 0.248 e. The molecule has 5 nitrogen and oxygen atoms in total. The van der Waals surface area contributed by atoms with E-state index in [2.05, 4.69) is 6.07 Å². The Morgan fingerprint density at radius 2 is 2.05 bits per heavy atom. The highest BCUT2D eigenvalue weighted by molar-refractivity contribution is 5.93. The number of anilines is 2. The highest BCUT2D eigenvalue weighted by atomic mass is 16.1. The van der Waals surface area contributed by atoms with Crippen molar-refractivity contribution in [2.24, 2.45) is 5.73 Å². The maximum absolute atomic E-state index is 11.1. The second kappa shape index (κ2) is 5.97. The van der Waals surface area contributed by atoms with Gasteiger partial charge in [-0.05, 0) is 35.9 Å². The van der Waals surface area contributed by atoms with Crippen LogP contribution in [0.4, 0.5) is 11.4 Å². The molecule has 0 unspecified atom stereocenters. The molecule has 2 aromatic carbocycles. The monoisotopic (exact) mass is 280 g/mol. The predicted molar refractivity (Wildman–Crippen MR) is 82.6 cm³/mol. The van der Waals surface area contributed by atoms with Gasteiger partial charge in [0.25, 0.3) is 0 Å². The molecule has 0 atom stereocenters. The summed E-state index contributed by atoms with van der Waals surface area (Å²) in [4.78, 5) is 13.1. The quantitative estimate of drug-likeness (QED) is 0.836. The third kappa shape index (κ3) is 3.31. The summed E-state index contributed by atoms with van der Waals surface area (Å²) in [7, 11) is 1.91. The van der Waals surface area contributed by atoms with Gasteiger partial charge in [-0.15, -0.1) is 0 Å². The van der Waals surface area contributed by atoms with Crippen molar-refractivity contribution in [1.82, 2.24) is 0 Å². The molecule has 0 saturated heterocycles. The van der Waals surface area contributed by atoms with Crippen LogP contribution in [0.5, 0.6) is 0 Å². The van der Waals surface area contributed by atoms with E-state index in [1.807, 2.05) is 30.1 Å². The molecule has 2 rings (SSSR count). The van der Waals surface area contributed by atoms with Crippen molar-refractivity contribution in [2.75, 3.05) is 17.7 Å². The third-order valence-corrected chi connectivity index (χ3v) is 3.25. The zero-order valence-corrected chi connectivity index (χ0v) is 11.7. The van der Waals surface area contributed by atoms with Crippen molar-refractivity contribution in [3.8, 4) is 6.07 Å². The normalized spacial score (nSPS) is 9.90. The standard InChI is InChI=1S/C16H16N4O/c1-20(14-4-2-3-11(7-14)9-17)10-13-6-5-12(16(19)21)8-15(13)18/h2-8H,10,18H2,1H3,(H2,19,21). The first-order valence-corrected chi connectivity index (χ1v) is 6.41. The minimum absolute atomic E-state index is 0.394. The molecule has 0 aliphatic heterocycles. The molecule has 0 heterocycles. The van der Waals surface area contributed by atoms with E-state index in [-0.39, 0.29) is 0 Å². The Morgan fingerprint density at radius 1 is 1.29 bits per heavy atom. The van der Waals surface area contributed by atoms with E-state index in [0.717, 1.165) is 11.3 Å². The van der Waals surface area contributed by atoms with E-state index in [1.165, 1.54) is 0 Å². The predicted octanol–water partition coefficient (Wildman–Crippen LogP) is 1.88. The number of nitrogen functional groups attached to an aromatic ring is 1. The number of hydrogen-bond donors (Lipinski definition) is 2. The molecule has 0 aliphatic rings. The van der Waals surface area contributed by atoms with Gasteiger partial charge in [-0.2, -0.15) is 5.26 Å². The van der Waals surface area contributed by atoms with Crippen LogP contribution in [0.1, 0.15) is 21.5 Å². The zero-order valence-electron chi connectivity index (χ0n) is 11.7. The van der Waals surface area contributed by atoms with E-state index in [4.69, 9.17) is 16.7 Å². The van der Waals surface area contributed by atoms with Crippen LogP contribution in [0.25, 0.3) is 0 Å². The highest BCUT2D eigenvalue weighted by Crippen LogP contribution is 2.20. The van der Waals surface area contributed by atoms with Crippen LogP contribution in [0, 0.1) is 11.3 Å². The molecular weight excluding hydrogens is 264 g/mol. The SMILES string of the molecule is CN(Cc1ccc(C(N)=O)cc1N)c1cccc(C#N)c1. The zero-order chi connectivity index (χ0) is 15.4. The number of amides is 1.